The lowest BCUT2D eigenvalue weighted by Crippen LogP contribution is -2.23. The first-order valence-electron chi connectivity index (χ1n) is 9.33. The number of ether oxygens (including phenoxy) is 1. The number of anilines is 1. The average molecular weight is 411 g/mol. The van der Waals surface area contributed by atoms with Crippen LogP contribution in [0.4, 0.5) is 5.82 Å². The summed E-state index contributed by atoms with van der Waals surface area (Å²) in [4.78, 5) is 12.4. The van der Waals surface area contributed by atoms with Crippen molar-refractivity contribution in [2.75, 3.05) is 23.4 Å². The Morgan fingerprint density at radius 3 is 2.45 bits per heavy atom. The monoisotopic (exact) mass is 411 g/mol. The smallest absolute Gasteiger partial charge is 0.263 e. The van der Waals surface area contributed by atoms with E-state index in [4.69, 9.17) is 4.74 Å². The standard InChI is InChI=1S/C21H21N3O4S/c25-21(14-28-18-9-5-2-6-10-18)22-20-13-19(16-7-3-1-4-8-16)23-24(20)17-11-12-29(26,27)15-17/h1-10,13,17H,11-12,14-15H2,(H,22,25)/t17-/m1/s1. The first-order valence-corrected chi connectivity index (χ1v) is 11.2. The first-order chi connectivity index (χ1) is 14.0. The molecule has 0 unspecified atom stereocenters. The van der Waals surface area contributed by atoms with Crippen LogP contribution in [0.5, 0.6) is 5.75 Å². The van der Waals surface area contributed by atoms with Gasteiger partial charge >= 0.3 is 0 Å². The second-order valence-electron chi connectivity index (χ2n) is 6.93. The lowest BCUT2D eigenvalue weighted by Gasteiger charge is -2.14. The third kappa shape index (κ3) is 4.65. The molecule has 3 aromatic rings. The van der Waals surface area contributed by atoms with Crippen LogP contribution in [0.3, 0.4) is 0 Å². The van der Waals surface area contributed by atoms with Crippen LogP contribution >= 0.6 is 0 Å². The molecule has 0 aliphatic carbocycles. The molecule has 0 bridgehead atoms. The van der Waals surface area contributed by atoms with E-state index in [2.05, 4.69) is 10.4 Å². The maximum absolute atomic E-state index is 12.4. The summed E-state index contributed by atoms with van der Waals surface area (Å²) in [6.45, 7) is -0.154. The third-order valence-electron chi connectivity index (χ3n) is 4.74. The summed E-state index contributed by atoms with van der Waals surface area (Å²) in [6.07, 6.45) is 0.474. The molecule has 1 aliphatic rings. The largest absolute Gasteiger partial charge is 0.484 e. The van der Waals surface area contributed by atoms with Crippen molar-refractivity contribution in [1.29, 1.82) is 0 Å². The quantitative estimate of drug-likeness (QED) is 0.674. The zero-order chi connectivity index (χ0) is 20.3. The average Bonchev–Trinajstić information content (AvgIpc) is 3.30. The third-order valence-corrected chi connectivity index (χ3v) is 6.49. The molecule has 1 N–H and O–H groups in total. The Morgan fingerprint density at radius 1 is 1.10 bits per heavy atom. The molecule has 0 spiro atoms. The minimum atomic E-state index is -3.09. The van der Waals surface area contributed by atoms with Gasteiger partial charge in [0.15, 0.2) is 16.4 Å². The van der Waals surface area contributed by atoms with Gasteiger partial charge in [-0.25, -0.2) is 13.1 Å². The zero-order valence-electron chi connectivity index (χ0n) is 15.7. The van der Waals surface area contributed by atoms with E-state index >= 15 is 0 Å². The van der Waals surface area contributed by atoms with Gasteiger partial charge in [-0.05, 0) is 18.6 Å². The van der Waals surface area contributed by atoms with Gasteiger partial charge in [0.05, 0.1) is 23.2 Å². The predicted molar refractivity (Wildman–Crippen MR) is 111 cm³/mol. The van der Waals surface area contributed by atoms with Crippen LogP contribution in [0.2, 0.25) is 0 Å². The maximum Gasteiger partial charge on any atom is 0.263 e. The van der Waals surface area contributed by atoms with Crippen molar-refractivity contribution in [3.63, 3.8) is 0 Å². The van der Waals surface area contributed by atoms with Gasteiger partial charge in [-0.2, -0.15) is 5.10 Å². The number of nitrogens with one attached hydrogen (secondary N) is 1. The highest BCUT2D eigenvalue weighted by molar-refractivity contribution is 7.91. The summed E-state index contributed by atoms with van der Waals surface area (Å²) in [5.74, 6) is 0.876. The van der Waals surface area contributed by atoms with Gasteiger partial charge in [-0.1, -0.05) is 48.5 Å². The zero-order valence-corrected chi connectivity index (χ0v) is 16.5. The second kappa shape index (κ2) is 8.08. The minimum Gasteiger partial charge on any atom is -0.484 e. The fraction of sp³-hybridized carbons (Fsp3) is 0.238. The highest BCUT2D eigenvalue weighted by Gasteiger charge is 2.31. The number of carbonyl (C=O) groups excluding carboxylic acids is 1. The van der Waals surface area contributed by atoms with Gasteiger partial charge in [-0.3, -0.25) is 4.79 Å². The van der Waals surface area contributed by atoms with Crippen molar-refractivity contribution in [3.05, 3.63) is 66.7 Å². The molecule has 1 fully saturated rings. The molecule has 1 aromatic heterocycles. The van der Waals surface area contributed by atoms with Crippen molar-refractivity contribution in [3.8, 4) is 17.0 Å². The van der Waals surface area contributed by atoms with E-state index in [1.54, 1.807) is 22.9 Å². The van der Waals surface area contributed by atoms with Crippen LogP contribution in [-0.2, 0) is 14.6 Å². The predicted octanol–water partition coefficient (Wildman–Crippen LogP) is 2.93. The van der Waals surface area contributed by atoms with Gasteiger partial charge in [0.2, 0.25) is 0 Å². The molecule has 1 amide bonds. The number of carbonyl (C=O) groups is 1. The van der Waals surface area contributed by atoms with Crippen LogP contribution in [0.15, 0.2) is 66.7 Å². The number of aromatic nitrogens is 2. The molecule has 29 heavy (non-hydrogen) atoms. The summed E-state index contributed by atoms with van der Waals surface area (Å²) < 4.78 is 31.0. The molecule has 150 valence electrons. The fourth-order valence-corrected chi connectivity index (χ4v) is 5.02. The second-order valence-corrected chi connectivity index (χ2v) is 9.16. The lowest BCUT2D eigenvalue weighted by molar-refractivity contribution is -0.118. The van der Waals surface area contributed by atoms with Gasteiger partial charge in [0.1, 0.15) is 11.6 Å². The minimum absolute atomic E-state index is 0.0201. The maximum atomic E-state index is 12.4. The van der Waals surface area contributed by atoms with Crippen LogP contribution in [-0.4, -0.2) is 42.2 Å². The Balaban J connectivity index is 1.55. The summed E-state index contributed by atoms with van der Waals surface area (Å²) in [6, 6.07) is 20.1. The number of hydrogen-bond donors (Lipinski definition) is 1. The van der Waals surface area contributed by atoms with E-state index in [9.17, 15) is 13.2 Å². The van der Waals surface area contributed by atoms with E-state index in [0.717, 1.165) is 5.56 Å². The number of benzene rings is 2. The van der Waals surface area contributed by atoms with E-state index in [-0.39, 0.29) is 30.1 Å². The Hall–Kier alpha value is -3.13. The Morgan fingerprint density at radius 2 is 1.79 bits per heavy atom. The van der Waals surface area contributed by atoms with Gasteiger partial charge < -0.3 is 10.1 Å². The Bertz CT molecular complexity index is 1100. The Kier molecular flexibility index (Phi) is 5.35. The molecule has 7 nitrogen and oxygen atoms in total. The molecule has 2 aromatic carbocycles. The number of hydrogen-bond acceptors (Lipinski definition) is 5. The Labute approximate surface area is 169 Å². The molecular formula is C21H21N3O4S. The summed E-state index contributed by atoms with van der Waals surface area (Å²) in [5, 5.41) is 7.41. The van der Waals surface area contributed by atoms with Crippen molar-refractivity contribution in [2.24, 2.45) is 0 Å². The summed E-state index contributed by atoms with van der Waals surface area (Å²) >= 11 is 0. The van der Waals surface area contributed by atoms with Crippen LogP contribution in [0.1, 0.15) is 12.5 Å². The molecule has 0 saturated carbocycles. The van der Waals surface area contributed by atoms with Crippen molar-refractivity contribution < 1.29 is 17.9 Å². The number of sulfone groups is 1. The molecule has 1 saturated heterocycles. The highest BCUT2D eigenvalue weighted by atomic mass is 32.2. The van der Waals surface area contributed by atoms with Crippen molar-refractivity contribution in [2.45, 2.75) is 12.5 Å². The molecular weight excluding hydrogens is 390 g/mol. The number of nitrogens with zero attached hydrogens (tertiary/aromatic N) is 2. The van der Waals surface area contributed by atoms with E-state index in [0.29, 0.717) is 23.7 Å². The number of para-hydroxylation sites is 1. The fourth-order valence-electron chi connectivity index (χ4n) is 3.33. The lowest BCUT2D eigenvalue weighted by atomic mass is 10.1. The van der Waals surface area contributed by atoms with Crippen LogP contribution < -0.4 is 10.1 Å². The highest BCUT2D eigenvalue weighted by Crippen LogP contribution is 2.30. The molecule has 2 heterocycles. The number of amides is 1. The first kappa shape index (κ1) is 19.2. The van der Waals surface area contributed by atoms with Crippen LogP contribution in [0.25, 0.3) is 11.3 Å². The van der Waals surface area contributed by atoms with Gasteiger partial charge in [-0.15, -0.1) is 0 Å². The van der Waals surface area contributed by atoms with E-state index in [1.165, 1.54) is 0 Å². The molecule has 1 atom stereocenters. The topological polar surface area (TPSA) is 90.3 Å². The summed E-state index contributed by atoms with van der Waals surface area (Å²) in [5.41, 5.74) is 1.57. The van der Waals surface area contributed by atoms with Gasteiger partial charge in [0, 0.05) is 11.6 Å². The molecule has 0 radical (unpaired) electrons. The normalized spacial score (nSPS) is 17.7. The van der Waals surface area contributed by atoms with E-state index < -0.39 is 9.84 Å². The summed E-state index contributed by atoms with van der Waals surface area (Å²) in [7, 11) is -3.09. The van der Waals surface area contributed by atoms with E-state index in [1.807, 2.05) is 48.5 Å². The van der Waals surface area contributed by atoms with Crippen molar-refractivity contribution >= 4 is 21.6 Å². The molecule has 1 aliphatic heterocycles. The molecule has 8 heteroatoms. The number of rotatable bonds is 6. The van der Waals surface area contributed by atoms with Crippen molar-refractivity contribution in [1.82, 2.24) is 9.78 Å². The van der Waals surface area contributed by atoms with Crippen LogP contribution in [0, 0.1) is 0 Å². The van der Waals surface area contributed by atoms with Gasteiger partial charge in [0.25, 0.3) is 5.91 Å². The SMILES string of the molecule is O=C(COc1ccccc1)Nc1cc(-c2ccccc2)nn1[C@@H]1CCS(=O)(=O)C1. The molecule has 4 rings (SSSR count).